The van der Waals surface area contributed by atoms with Gasteiger partial charge < -0.3 is 9.52 Å². The van der Waals surface area contributed by atoms with Crippen LogP contribution in [-0.2, 0) is 4.79 Å². The number of hydrogen-bond donors (Lipinski definition) is 1. The van der Waals surface area contributed by atoms with E-state index in [1.165, 1.54) is 6.39 Å². The molecule has 0 aliphatic rings. The van der Waals surface area contributed by atoms with Gasteiger partial charge >= 0.3 is 5.97 Å². The van der Waals surface area contributed by atoms with Crippen LogP contribution < -0.4 is 0 Å². The van der Waals surface area contributed by atoms with Crippen molar-refractivity contribution in [2.45, 2.75) is 13.3 Å². The second kappa shape index (κ2) is 7.78. The molecule has 0 saturated carbocycles. The van der Waals surface area contributed by atoms with Crippen molar-refractivity contribution in [3.8, 4) is 22.6 Å². The Hall–Kier alpha value is -2.88. The minimum absolute atomic E-state index is 0.222. The first-order valence-corrected chi connectivity index (χ1v) is 6.98. The maximum Gasteiger partial charge on any atom is 0.303 e. The first kappa shape index (κ1) is 15.5. The van der Waals surface area contributed by atoms with Gasteiger partial charge in [0.2, 0.25) is 0 Å². The number of nitrogens with zero attached hydrogens (tertiary/aromatic N) is 1. The van der Waals surface area contributed by atoms with Gasteiger partial charge in [0.1, 0.15) is 5.69 Å². The van der Waals surface area contributed by atoms with Crippen LogP contribution in [0.25, 0.3) is 22.6 Å². The van der Waals surface area contributed by atoms with Crippen molar-refractivity contribution in [2.24, 2.45) is 0 Å². The van der Waals surface area contributed by atoms with Crippen molar-refractivity contribution >= 4 is 5.97 Å². The number of aromatic nitrogens is 1. The molecule has 0 bridgehead atoms. The van der Waals surface area contributed by atoms with E-state index >= 15 is 0 Å². The normalized spacial score (nSPS) is 9.68. The highest BCUT2D eigenvalue weighted by atomic mass is 16.4. The Kier molecular flexibility index (Phi) is 5.49. The van der Waals surface area contributed by atoms with Gasteiger partial charge in [-0.1, -0.05) is 67.6 Å². The molecule has 0 unspecified atom stereocenters. The monoisotopic (exact) mass is 295 g/mol. The molecule has 2 aromatic carbocycles. The molecule has 0 amide bonds. The fraction of sp³-hybridized carbons (Fsp3) is 0.111. The van der Waals surface area contributed by atoms with Crippen LogP contribution in [0.5, 0.6) is 0 Å². The Bertz CT molecular complexity index is 651. The van der Waals surface area contributed by atoms with Crippen molar-refractivity contribution < 1.29 is 14.3 Å². The third-order valence-electron chi connectivity index (χ3n) is 2.95. The third kappa shape index (κ3) is 4.06. The molecule has 3 rings (SSSR count). The van der Waals surface area contributed by atoms with Crippen LogP contribution in [0.3, 0.4) is 0 Å². The second-order valence-electron chi connectivity index (χ2n) is 4.51. The molecular formula is C18H17NO3. The minimum Gasteiger partial charge on any atom is -0.481 e. The Morgan fingerprint density at radius 1 is 1.00 bits per heavy atom. The zero-order valence-corrected chi connectivity index (χ0v) is 12.3. The molecule has 0 atom stereocenters. The summed E-state index contributed by atoms with van der Waals surface area (Å²) < 4.78 is 5.49. The zero-order chi connectivity index (χ0) is 15.8. The van der Waals surface area contributed by atoms with Crippen molar-refractivity contribution in [2.75, 3.05) is 0 Å². The topological polar surface area (TPSA) is 63.3 Å². The van der Waals surface area contributed by atoms with Crippen LogP contribution in [0, 0.1) is 0 Å². The van der Waals surface area contributed by atoms with Crippen LogP contribution in [0.4, 0.5) is 0 Å². The largest absolute Gasteiger partial charge is 0.481 e. The molecule has 4 heteroatoms. The summed E-state index contributed by atoms with van der Waals surface area (Å²) in [7, 11) is 0. The number of hydrogen-bond acceptors (Lipinski definition) is 3. The third-order valence-corrected chi connectivity index (χ3v) is 2.95. The van der Waals surface area contributed by atoms with Gasteiger partial charge in [0.25, 0.3) is 0 Å². The van der Waals surface area contributed by atoms with Crippen molar-refractivity contribution in [1.29, 1.82) is 0 Å². The standard InChI is InChI=1S/C15H11NO.C3H6O2/c1-3-7-12(8-4-1)14-15(17-11-16-14)13-9-5-2-6-10-13;1-2-3(4)5/h1-11H;2H2,1H3,(H,4,5). The van der Waals surface area contributed by atoms with E-state index < -0.39 is 5.97 Å². The molecule has 112 valence electrons. The van der Waals surface area contributed by atoms with Gasteiger partial charge in [0.15, 0.2) is 12.2 Å². The maximum atomic E-state index is 9.37. The second-order valence-corrected chi connectivity index (χ2v) is 4.51. The van der Waals surface area contributed by atoms with E-state index in [0.29, 0.717) is 0 Å². The highest BCUT2D eigenvalue weighted by molar-refractivity contribution is 5.76. The molecule has 0 aliphatic carbocycles. The predicted octanol–water partition coefficient (Wildman–Crippen LogP) is 4.49. The summed E-state index contributed by atoms with van der Waals surface area (Å²) >= 11 is 0. The first-order chi connectivity index (χ1) is 10.7. The predicted molar refractivity (Wildman–Crippen MR) is 85.3 cm³/mol. The number of carbonyl (C=O) groups is 1. The van der Waals surface area contributed by atoms with E-state index in [4.69, 9.17) is 9.52 Å². The number of benzene rings is 2. The maximum absolute atomic E-state index is 9.37. The number of rotatable bonds is 3. The zero-order valence-electron chi connectivity index (χ0n) is 12.3. The van der Waals surface area contributed by atoms with E-state index in [0.717, 1.165) is 22.6 Å². The number of aliphatic carboxylic acids is 1. The summed E-state index contributed by atoms with van der Waals surface area (Å²) in [6.45, 7) is 1.60. The summed E-state index contributed by atoms with van der Waals surface area (Å²) in [5.41, 5.74) is 3.00. The van der Waals surface area contributed by atoms with E-state index in [9.17, 15) is 4.79 Å². The van der Waals surface area contributed by atoms with Crippen LogP contribution in [-0.4, -0.2) is 16.1 Å². The lowest BCUT2D eigenvalue weighted by Crippen LogP contribution is -1.86. The van der Waals surface area contributed by atoms with E-state index in [1.807, 2.05) is 60.7 Å². The fourth-order valence-corrected chi connectivity index (χ4v) is 1.84. The van der Waals surface area contributed by atoms with Crippen molar-refractivity contribution in [3.05, 3.63) is 67.1 Å². The van der Waals surface area contributed by atoms with Gasteiger partial charge in [-0.2, -0.15) is 0 Å². The Balaban J connectivity index is 0.000000309. The molecule has 0 radical (unpaired) electrons. The molecular weight excluding hydrogens is 278 g/mol. The lowest BCUT2D eigenvalue weighted by Gasteiger charge is -2.00. The Morgan fingerprint density at radius 3 is 2.00 bits per heavy atom. The minimum atomic E-state index is -0.745. The van der Waals surface area contributed by atoms with Gasteiger partial charge in [-0.3, -0.25) is 4.79 Å². The number of carboxylic acid groups (broad SMARTS) is 1. The molecule has 22 heavy (non-hydrogen) atoms. The summed E-state index contributed by atoms with van der Waals surface area (Å²) in [5.74, 6) is 0.0711. The average molecular weight is 295 g/mol. The SMILES string of the molecule is CCC(=O)O.c1ccc(-c2ncoc2-c2ccccc2)cc1. The van der Waals surface area contributed by atoms with Gasteiger partial charge in [-0.25, -0.2) is 4.98 Å². The van der Waals surface area contributed by atoms with Gasteiger partial charge in [0.05, 0.1) is 0 Å². The molecule has 0 aliphatic heterocycles. The summed E-state index contributed by atoms with van der Waals surface area (Å²) in [6.07, 6.45) is 1.71. The summed E-state index contributed by atoms with van der Waals surface area (Å²) in [6, 6.07) is 20.1. The lowest BCUT2D eigenvalue weighted by atomic mass is 10.1. The highest BCUT2D eigenvalue weighted by Gasteiger charge is 2.11. The van der Waals surface area contributed by atoms with Crippen molar-refractivity contribution in [3.63, 3.8) is 0 Å². The molecule has 4 nitrogen and oxygen atoms in total. The molecule has 1 aromatic heterocycles. The summed E-state index contributed by atoms with van der Waals surface area (Å²) in [5, 5.41) is 7.72. The molecule has 1 heterocycles. The molecule has 1 N–H and O–H groups in total. The first-order valence-electron chi connectivity index (χ1n) is 6.98. The van der Waals surface area contributed by atoms with Crippen LogP contribution in [0.15, 0.2) is 71.5 Å². The van der Waals surface area contributed by atoms with E-state index in [-0.39, 0.29) is 6.42 Å². The van der Waals surface area contributed by atoms with Crippen LogP contribution >= 0.6 is 0 Å². The smallest absolute Gasteiger partial charge is 0.303 e. The average Bonchev–Trinajstić information content (AvgIpc) is 3.06. The van der Waals surface area contributed by atoms with Crippen LogP contribution in [0.2, 0.25) is 0 Å². The van der Waals surface area contributed by atoms with Gasteiger partial charge in [-0.05, 0) is 0 Å². The molecule has 0 saturated heterocycles. The van der Waals surface area contributed by atoms with Crippen LogP contribution in [0.1, 0.15) is 13.3 Å². The molecule has 0 fully saturated rings. The molecule has 3 aromatic rings. The number of oxazole rings is 1. The Morgan fingerprint density at radius 2 is 1.50 bits per heavy atom. The fourth-order valence-electron chi connectivity index (χ4n) is 1.84. The van der Waals surface area contributed by atoms with Gasteiger partial charge in [0, 0.05) is 17.5 Å². The summed E-state index contributed by atoms with van der Waals surface area (Å²) in [4.78, 5) is 13.7. The van der Waals surface area contributed by atoms with Crippen molar-refractivity contribution in [1.82, 2.24) is 4.98 Å². The lowest BCUT2D eigenvalue weighted by molar-refractivity contribution is -0.136. The molecule has 0 spiro atoms. The quantitative estimate of drug-likeness (QED) is 0.773. The van der Waals surface area contributed by atoms with Gasteiger partial charge in [-0.15, -0.1) is 0 Å². The highest BCUT2D eigenvalue weighted by Crippen LogP contribution is 2.30. The van der Waals surface area contributed by atoms with E-state index in [2.05, 4.69) is 4.98 Å². The number of carboxylic acids is 1. The van der Waals surface area contributed by atoms with E-state index in [1.54, 1.807) is 6.92 Å². The Labute approximate surface area is 129 Å².